The Kier molecular flexibility index (Phi) is 4.50. The van der Waals surface area contributed by atoms with Crippen molar-refractivity contribution in [2.24, 2.45) is 0 Å². The van der Waals surface area contributed by atoms with Crippen LogP contribution < -0.4 is 0 Å². The van der Waals surface area contributed by atoms with E-state index in [0.717, 1.165) is 29.0 Å². The number of carbonyl (C=O) groups excluding carboxylic acids is 1. The van der Waals surface area contributed by atoms with Gasteiger partial charge in [0.1, 0.15) is 16.7 Å². The van der Waals surface area contributed by atoms with Crippen molar-refractivity contribution in [1.29, 1.82) is 0 Å². The Balaban J connectivity index is 1.51. The van der Waals surface area contributed by atoms with Crippen LogP contribution in [0.4, 0.5) is 4.39 Å². The lowest BCUT2D eigenvalue weighted by atomic mass is 10.1. The van der Waals surface area contributed by atoms with Gasteiger partial charge in [-0.25, -0.2) is 9.37 Å². The summed E-state index contributed by atoms with van der Waals surface area (Å²) in [5, 5.41) is 8.29. The number of hydrogen-bond donors (Lipinski definition) is 0. The van der Waals surface area contributed by atoms with Crippen LogP contribution in [-0.2, 0) is 11.2 Å². The van der Waals surface area contributed by atoms with Gasteiger partial charge in [-0.1, -0.05) is 12.1 Å². The molecule has 0 bridgehead atoms. The molecule has 1 fully saturated rings. The highest BCUT2D eigenvalue weighted by molar-refractivity contribution is 7.13. The summed E-state index contributed by atoms with van der Waals surface area (Å²) in [6.45, 7) is 2.55. The number of halogens is 1. The lowest BCUT2D eigenvalue weighted by Gasteiger charge is -2.22. The molecule has 4 rings (SSSR count). The number of rotatable bonds is 4. The van der Waals surface area contributed by atoms with Crippen LogP contribution in [0.15, 0.2) is 34.2 Å². The third-order valence-electron chi connectivity index (χ3n) is 4.51. The van der Waals surface area contributed by atoms with Gasteiger partial charge in [-0.3, -0.25) is 4.79 Å². The molecule has 26 heavy (non-hydrogen) atoms. The first-order valence-electron chi connectivity index (χ1n) is 8.39. The fraction of sp³-hybridized carbons (Fsp3) is 0.333. The first kappa shape index (κ1) is 16.8. The molecule has 1 aliphatic rings. The van der Waals surface area contributed by atoms with Crippen LogP contribution in [-0.4, -0.2) is 32.5 Å². The van der Waals surface area contributed by atoms with Crippen molar-refractivity contribution in [3.8, 4) is 10.8 Å². The summed E-state index contributed by atoms with van der Waals surface area (Å²) in [7, 11) is 0. The third kappa shape index (κ3) is 3.24. The zero-order valence-electron chi connectivity index (χ0n) is 14.2. The van der Waals surface area contributed by atoms with E-state index in [1.54, 1.807) is 22.5 Å². The molecule has 0 N–H and O–H groups in total. The van der Waals surface area contributed by atoms with Gasteiger partial charge < -0.3 is 9.32 Å². The second-order valence-corrected chi connectivity index (χ2v) is 7.12. The standard InChI is InChI=1S/C18H17FN4O2S/c1-11-16(26-10-20-11)18-22-21-17(25-18)14-3-2-8-23(14)15(24)9-12-4-6-13(19)7-5-12/h4-7,10,14H,2-3,8-9H2,1H3/t14-/m0/s1. The fourth-order valence-corrected chi connectivity index (χ4v) is 3.89. The second-order valence-electron chi connectivity index (χ2n) is 6.26. The van der Waals surface area contributed by atoms with Gasteiger partial charge >= 0.3 is 0 Å². The van der Waals surface area contributed by atoms with Crippen LogP contribution in [0.2, 0.25) is 0 Å². The highest BCUT2D eigenvalue weighted by atomic mass is 32.1. The number of carbonyl (C=O) groups is 1. The monoisotopic (exact) mass is 372 g/mol. The van der Waals surface area contributed by atoms with Crippen molar-refractivity contribution in [2.75, 3.05) is 6.54 Å². The van der Waals surface area contributed by atoms with Crippen LogP contribution in [0, 0.1) is 12.7 Å². The van der Waals surface area contributed by atoms with Crippen molar-refractivity contribution in [2.45, 2.75) is 32.2 Å². The van der Waals surface area contributed by atoms with Gasteiger partial charge in [0.2, 0.25) is 11.8 Å². The number of benzene rings is 1. The van der Waals surface area contributed by atoms with Gasteiger partial charge in [0, 0.05) is 6.54 Å². The number of likely N-dealkylation sites (tertiary alicyclic amines) is 1. The van der Waals surface area contributed by atoms with Gasteiger partial charge in [-0.2, -0.15) is 0 Å². The summed E-state index contributed by atoms with van der Waals surface area (Å²) in [6.07, 6.45) is 1.90. The maximum atomic E-state index is 13.0. The topological polar surface area (TPSA) is 72.1 Å². The second kappa shape index (κ2) is 6.95. The first-order valence-corrected chi connectivity index (χ1v) is 9.27. The number of hydrogen-bond acceptors (Lipinski definition) is 6. The Hall–Kier alpha value is -2.61. The summed E-state index contributed by atoms with van der Waals surface area (Å²) < 4.78 is 18.9. The molecule has 1 amide bonds. The smallest absolute Gasteiger partial charge is 0.259 e. The van der Waals surface area contributed by atoms with Crippen molar-refractivity contribution in [3.63, 3.8) is 0 Å². The Morgan fingerprint density at radius 2 is 2.15 bits per heavy atom. The minimum absolute atomic E-state index is 0.0205. The Labute approximate surface area is 153 Å². The average Bonchev–Trinajstić information content (AvgIpc) is 3.35. The van der Waals surface area contributed by atoms with Crippen molar-refractivity contribution in [3.05, 3.63) is 52.7 Å². The minimum atomic E-state index is -0.308. The van der Waals surface area contributed by atoms with E-state index in [9.17, 15) is 9.18 Å². The van der Waals surface area contributed by atoms with Crippen LogP contribution in [0.3, 0.4) is 0 Å². The van der Waals surface area contributed by atoms with Gasteiger partial charge in [0.05, 0.1) is 17.6 Å². The molecule has 0 radical (unpaired) electrons. The molecule has 0 aliphatic carbocycles. The Morgan fingerprint density at radius 1 is 1.35 bits per heavy atom. The zero-order chi connectivity index (χ0) is 18.1. The maximum Gasteiger partial charge on any atom is 0.259 e. The van der Waals surface area contributed by atoms with E-state index < -0.39 is 0 Å². The molecule has 2 aromatic heterocycles. The Bertz CT molecular complexity index is 921. The molecule has 3 aromatic rings. The molecule has 3 heterocycles. The van der Waals surface area contributed by atoms with Crippen LogP contribution in [0.1, 0.15) is 36.0 Å². The van der Waals surface area contributed by atoms with Gasteiger partial charge in [0.15, 0.2) is 0 Å². The van der Waals surface area contributed by atoms with Crippen LogP contribution in [0.5, 0.6) is 0 Å². The van der Waals surface area contributed by atoms with Crippen LogP contribution in [0.25, 0.3) is 10.8 Å². The number of aromatic nitrogens is 3. The lowest BCUT2D eigenvalue weighted by molar-refractivity contribution is -0.131. The zero-order valence-corrected chi connectivity index (χ0v) is 15.0. The van der Waals surface area contributed by atoms with E-state index in [-0.39, 0.29) is 24.2 Å². The molecular formula is C18H17FN4O2S. The molecular weight excluding hydrogens is 355 g/mol. The van der Waals surface area contributed by atoms with Gasteiger partial charge in [-0.15, -0.1) is 21.5 Å². The normalized spacial score (nSPS) is 17.0. The highest BCUT2D eigenvalue weighted by Gasteiger charge is 2.34. The van der Waals surface area contributed by atoms with E-state index in [0.29, 0.717) is 18.3 Å². The fourth-order valence-electron chi connectivity index (χ4n) is 3.17. The summed E-state index contributed by atoms with van der Waals surface area (Å²) in [6, 6.07) is 5.79. The molecule has 134 valence electrons. The van der Waals surface area contributed by atoms with E-state index in [1.807, 2.05) is 6.92 Å². The maximum absolute atomic E-state index is 13.0. The van der Waals surface area contributed by atoms with Crippen molar-refractivity contribution >= 4 is 17.2 Å². The minimum Gasteiger partial charge on any atom is -0.418 e. The first-order chi connectivity index (χ1) is 12.6. The third-order valence-corrected chi connectivity index (χ3v) is 5.42. The van der Waals surface area contributed by atoms with E-state index in [4.69, 9.17) is 4.42 Å². The molecule has 1 saturated heterocycles. The quantitative estimate of drug-likeness (QED) is 0.700. The van der Waals surface area contributed by atoms with Crippen molar-refractivity contribution < 1.29 is 13.6 Å². The molecule has 1 aromatic carbocycles. The van der Waals surface area contributed by atoms with Crippen molar-refractivity contribution in [1.82, 2.24) is 20.1 Å². The number of nitrogens with zero attached hydrogens (tertiary/aromatic N) is 4. The summed E-state index contributed by atoms with van der Waals surface area (Å²) in [5.41, 5.74) is 3.37. The number of thiazole rings is 1. The van der Waals surface area contributed by atoms with Crippen LogP contribution >= 0.6 is 11.3 Å². The molecule has 8 heteroatoms. The van der Waals surface area contributed by atoms with Gasteiger partial charge in [-0.05, 0) is 37.5 Å². The molecule has 1 aliphatic heterocycles. The number of aryl methyl sites for hydroxylation is 1. The molecule has 0 saturated carbocycles. The molecule has 0 unspecified atom stereocenters. The average molecular weight is 372 g/mol. The molecule has 1 atom stereocenters. The predicted octanol–water partition coefficient (Wildman–Crippen LogP) is 3.55. The predicted molar refractivity (Wildman–Crippen MR) is 93.9 cm³/mol. The summed E-state index contributed by atoms with van der Waals surface area (Å²) in [4.78, 5) is 19.5. The van der Waals surface area contributed by atoms with E-state index >= 15 is 0 Å². The summed E-state index contributed by atoms with van der Waals surface area (Å²) in [5.74, 6) is 0.570. The lowest BCUT2D eigenvalue weighted by Crippen LogP contribution is -2.32. The Morgan fingerprint density at radius 3 is 2.88 bits per heavy atom. The van der Waals surface area contributed by atoms with E-state index in [1.165, 1.54) is 23.5 Å². The van der Waals surface area contributed by atoms with E-state index in [2.05, 4.69) is 15.2 Å². The highest BCUT2D eigenvalue weighted by Crippen LogP contribution is 2.34. The molecule has 6 nitrogen and oxygen atoms in total. The van der Waals surface area contributed by atoms with Gasteiger partial charge in [0.25, 0.3) is 5.89 Å². The number of amides is 1. The summed E-state index contributed by atoms with van der Waals surface area (Å²) >= 11 is 1.45. The molecule has 0 spiro atoms. The SMILES string of the molecule is Cc1ncsc1-c1nnc([C@@H]2CCCN2C(=O)Cc2ccc(F)cc2)o1. The largest absolute Gasteiger partial charge is 0.418 e.